The number of hydrogen-bond acceptors (Lipinski definition) is 5. The average molecular weight is 378 g/mol. The van der Waals surface area contributed by atoms with E-state index in [0.29, 0.717) is 29.7 Å². The Morgan fingerprint density at radius 2 is 2.33 bits per heavy atom. The van der Waals surface area contributed by atoms with Crippen LogP contribution < -0.4 is 4.72 Å². The van der Waals surface area contributed by atoms with Gasteiger partial charge in [0.2, 0.25) is 0 Å². The molecule has 1 saturated heterocycles. The molecule has 116 valence electrons. The van der Waals surface area contributed by atoms with Gasteiger partial charge < -0.3 is 4.74 Å². The molecule has 1 aliphatic heterocycles. The molecule has 2 heterocycles. The Kier molecular flexibility index (Phi) is 5.17. The van der Waals surface area contributed by atoms with E-state index in [1.807, 2.05) is 0 Å². The van der Waals surface area contributed by atoms with Crippen LogP contribution in [0.5, 0.6) is 0 Å². The van der Waals surface area contributed by atoms with Gasteiger partial charge >= 0.3 is 16.2 Å². The summed E-state index contributed by atoms with van der Waals surface area (Å²) in [5.74, 6) is -0.505. The molecule has 1 aromatic heterocycles. The van der Waals surface area contributed by atoms with E-state index >= 15 is 0 Å². The molecule has 21 heavy (non-hydrogen) atoms. The summed E-state index contributed by atoms with van der Waals surface area (Å²) >= 11 is 3.18. The lowest BCUT2D eigenvalue weighted by Crippen LogP contribution is -2.44. The molecule has 0 amide bonds. The van der Waals surface area contributed by atoms with E-state index in [1.54, 1.807) is 19.1 Å². The van der Waals surface area contributed by atoms with Crippen LogP contribution in [-0.4, -0.2) is 42.9 Å². The highest BCUT2D eigenvalue weighted by molar-refractivity contribution is 9.10. The van der Waals surface area contributed by atoms with Crippen LogP contribution in [0.15, 0.2) is 22.9 Å². The first-order chi connectivity index (χ1) is 9.94. The van der Waals surface area contributed by atoms with Crippen molar-refractivity contribution in [2.75, 3.05) is 17.9 Å². The van der Waals surface area contributed by atoms with Gasteiger partial charge in [0.15, 0.2) is 0 Å². The second-order valence-electron chi connectivity index (χ2n) is 4.50. The summed E-state index contributed by atoms with van der Waals surface area (Å²) < 4.78 is 33.8. The van der Waals surface area contributed by atoms with Gasteiger partial charge in [-0.1, -0.05) is 0 Å². The number of nitrogens with zero attached hydrogens (tertiary/aromatic N) is 2. The van der Waals surface area contributed by atoms with Crippen molar-refractivity contribution in [3.63, 3.8) is 0 Å². The zero-order chi connectivity index (χ0) is 15.5. The number of hydrogen-bond donors (Lipinski definition) is 1. The maximum atomic E-state index is 12.4. The highest BCUT2D eigenvalue weighted by Gasteiger charge is 2.39. The van der Waals surface area contributed by atoms with E-state index in [-0.39, 0.29) is 6.61 Å². The van der Waals surface area contributed by atoms with Crippen molar-refractivity contribution in [2.45, 2.75) is 25.8 Å². The largest absolute Gasteiger partial charge is 0.465 e. The zero-order valence-electron chi connectivity index (χ0n) is 11.5. The van der Waals surface area contributed by atoms with Crippen molar-refractivity contribution in [2.24, 2.45) is 0 Å². The fraction of sp³-hybridized carbons (Fsp3) is 0.500. The maximum absolute atomic E-state index is 12.4. The number of halogens is 1. The van der Waals surface area contributed by atoms with Crippen molar-refractivity contribution in [1.82, 2.24) is 9.29 Å². The van der Waals surface area contributed by atoms with E-state index in [4.69, 9.17) is 4.74 Å². The van der Waals surface area contributed by atoms with Crippen LogP contribution >= 0.6 is 15.9 Å². The molecule has 1 N–H and O–H groups in total. The minimum absolute atomic E-state index is 0.229. The minimum atomic E-state index is -3.81. The van der Waals surface area contributed by atoms with Crippen molar-refractivity contribution < 1.29 is 17.9 Å². The van der Waals surface area contributed by atoms with Crippen LogP contribution in [0.3, 0.4) is 0 Å². The molecule has 1 atom stereocenters. The van der Waals surface area contributed by atoms with Gasteiger partial charge in [-0.25, -0.2) is 4.98 Å². The standard InChI is InChI=1S/C12H16BrN3O4S/c1-2-20-12(17)10-4-3-7-16(10)21(18,19)15-9-5-6-11(13)14-8-9/h5-6,8,10,15H,2-4,7H2,1H3. The Morgan fingerprint density at radius 3 is 2.95 bits per heavy atom. The molecule has 0 spiro atoms. The van der Waals surface area contributed by atoms with Gasteiger partial charge in [0, 0.05) is 6.54 Å². The Morgan fingerprint density at radius 1 is 1.57 bits per heavy atom. The number of pyridine rings is 1. The number of aromatic nitrogens is 1. The van der Waals surface area contributed by atoms with Crippen LogP contribution in [0, 0.1) is 0 Å². The quantitative estimate of drug-likeness (QED) is 0.620. The predicted octanol–water partition coefficient (Wildman–Crippen LogP) is 1.53. The third-order valence-electron chi connectivity index (χ3n) is 3.05. The fourth-order valence-corrected chi connectivity index (χ4v) is 3.81. The lowest BCUT2D eigenvalue weighted by Gasteiger charge is -2.23. The minimum Gasteiger partial charge on any atom is -0.465 e. The van der Waals surface area contributed by atoms with Gasteiger partial charge in [0.1, 0.15) is 10.6 Å². The molecule has 2 rings (SSSR count). The normalized spacial score (nSPS) is 19.4. The molecule has 1 unspecified atom stereocenters. The molecule has 0 saturated carbocycles. The molecule has 0 radical (unpaired) electrons. The van der Waals surface area contributed by atoms with E-state index in [1.165, 1.54) is 6.20 Å². The zero-order valence-corrected chi connectivity index (χ0v) is 13.9. The van der Waals surface area contributed by atoms with Gasteiger partial charge in [-0.3, -0.25) is 9.52 Å². The lowest BCUT2D eigenvalue weighted by atomic mass is 10.2. The molecule has 0 aromatic carbocycles. The first-order valence-electron chi connectivity index (χ1n) is 6.52. The van der Waals surface area contributed by atoms with Gasteiger partial charge in [0.25, 0.3) is 0 Å². The van der Waals surface area contributed by atoms with Gasteiger partial charge in [-0.15, -0.1) is 0 Å². The molecule has 1 fully saturated rings. The second-order valence-corrected chi connectivity index (χ2v) is 6.93. The van der Waals surface area contributed by atoms with Crippen LogP contribution in [0.25, 0.3) is 0 Å². The number of carbonyl (C=O) groups is 1. The van der Waals surface area contributed by atoms with Gasteiger partial charge in [0.05, 0.1) is 18.5 Å². The summed E-state index contributed by atoms with van der Waals surface area (Å²) in [4.78, 5) is 15.8. The SMILES string of the molecule is CCOC(=O)C1CCCN1S(=O)(=O)Nc1ccc(Br)nc1. The Bertz CT molecular complexity index is 605. The number of esters is 1. The summed E-state index contributed by atoms with van der Waals surface area (Å²) in [5.41, 5.74) is 0.340. The molecule has 1 aliphatic rings. The lowest BCUT2D eigenvalue weighted by molar-refractivity contribution is -0.146. The molecule has 0 bridgehead atoms. The summed E-state index contributed by atoms with van der Waals surface area (Å²) in [6.45, 7) is 2.22. The van der Waals surface area contributed by atoms with Crippen LogP contribution in [0.4, 0.5) is 5.69 Å². The molecule has 9 heteroatoms. The summed E-state index contributed by atoms with van der Waals surface area (Å²) in [6.07, 6.45) is 2.50. The third-order valence-corrected chi connectivity index (χ3v) is 5.06. The van der Waals surface area contributed by atoms with E-state index in [2.05, 4.69) is 25.6 Å². The summed E-state index contributed by atoms with van der Waals surface area (Å²) in [6, 6.07) is 2.46. The third kappa shape index (κ3) is 3.92. The first kappa shape index (κ1) is 16.2. The maximum Gasteiger partial charge on any atom is 0.324 e. The smallest absolute Gasteiger partial charge is 0.324 e. The number of anilines is 1. The fourth-order valence-electron chi connectivity index (χ4n) is 2.15. The van der Waals surface area contributed by atoms with E-state index in [9.17, 15) is 13.2 Å². The van der Waals surface area contributed by atoms with Gasteiger partial charge in [-0.05, 0) is 47.8 Å². The number of ether oxygens (including phenoxy) is 1. The average Bonchev–Trinajstić information content (AvgIpc) is 2.92. The monoisotopic (exact) mass is 377 g/mol. The van der Waals surface area contributed by atoms with Crippen molar-refractivity contribution in [3.8, 4) is 0 Å². The highest BCUT2D eigenvalue weighted by atomic mass is 79.9. The van der Waals surface area contributed by atoms with Crippen LogP contribution in [0.1, 0.15) is 19.8 Å². The van der Waals surface area contributed by atoms with E-state index < -0.39 is 22.2 Å². The second kappa shape index (κ2) is 6.71. The molecule has 1 aromatic rings. The molecule has 7 nitrogen and oxygen atoms in total. The van der Waals surface area contributed by atoms with Gasteiger partial charge in [-0.2, -0.15) is 12.7 Å². The highest BCUT2D eigenvalue weighted by Crippen LogP contribution is 2.23. The number of nitrogens with one attached hydrogen (secondary N) is 1. The number of rotatable bonds is 5. The van der Waals surface area contributed by atoms with Crippen molar-refractivity contribution >= 4 is 37.8 Å². The molecular formula is C12H16BrN3O4S. The Balaban J connectivity index is 2.14. The number of carbonyl (C=O) groups excluding carboxylic acids is 1. The van der Waals surface area contributed by atoms with Crippen molar-refractivity contribution in [1.29, 1.82) is 0 Å². The molecule has 0 aliphatic carbocycles. The topological polar surface area (TPSA) is 88.6 Å². The van der Waals surface area contributed by atoms with Crippen LogP contribution in [0.2, 0.25) is 0 Å². The van der Waals surface area contributed by atoms with Crippen molar-refractivity contribution in [3.05, 3.63) is 22.9 Å². The summed E-state index contributed by atoms with van der Waals surface area (Å²) in [5, 5.41) is 0. The molecular weight excluding hydrogens is 362 g/mol. The first-order valence-corrected chi connectivity index (χ1v) is 8.75. The predicted molar refractivity (Wildman–Crippen MR) is 80.8 cm³/mol. The van der Waals surface area contributed by atoms with Crippen LogP contribution in [-0.2, 0) is 19.7 Å². The van der Waals surface area contributed by atoms with E-state index in [0.717, 1.165) is 4.31 Å². The Labute approximate surface area is 132 Å². The summed E-state index contributed by atoms with van der Waals surface area (Å²) in [7, 11) is -3.81. The Hall–Kier alpha value is -1.19.